The van der Waals surface area contributed by atoms with Crippen LogP contribution in [0.4, 0.5) is 13.2 Å². The molecule has 2 unspecified atom stereocenters. The number of nitrogens with one attached hydrogen (secondary N) is 1. The normalized spacial score (nSPS) is 26.8. The summed E-state index contributed by atoms with van der Waals surface area (Å²) >= 11 is 0. The van der Waals surface area contributed by atoms with Crippen molar-refractivity contribution >= 4 is 0 Å². The summed E-state index contributed by atoms with van der Waals surface area (Å²) in [6, 6.07) is -0.464. The summed E-state index contributed by atoms with van der Waals surface area (Å²) in [6.45, 7) is 9.80. The quantitative estimate of drug-likeness (QED) is 0.830. The Morgan fingerprint density at radius 3 is 2.24 bits per heavy atom. The Bertz CT molecular complexity index is 245. The molecule has 1 aliphatic rings. The molecular weight excluding hydrogens is 229 g/mol. The smallest absolute Gasteiger partial charge is 0.312 e. The summed E-state index contributed by atoms with van der Waals surface area (Å²) in [5, 5.41) is 2.99. The maximum atomic E-state index is 12.8. The molecule has 17 heavy (non-hydrogen) atoms. The van der Waals surface area contributed by atoms with Gasteiger partial charge in [-0.15, -0.1) is 0 Å². The molecule has 2 nitrogen and oxygen atoms in total. The lowest BCUT2D eigenvalue weighted by molar-refractivity contribution is -0.178. The van der Waals surface area contributed by atoms with Gasteiger partial charge in [0.25, 0.3) is 0 Å². The Morgan fingerprint density at radius 1 is 1.24 bits per heavy atom. The van der Waals surface area contributed by atoms with Gasteiger partial charge in [-0.3, -0.25) is 4.90 Å². The molecule has 102 valence electrons. The van der Waals surface area contributed by atoms with E-state index >= 15 is 0 Å². The molecule has 0 aromatic heterocycles. The molecule has 0 spiro atoms. The van der Waals surface area contributed by atoms with Crippen molar-refractivity contribution in [3.63, 3.8) is 0 Å². The van der Waals surface area contributed by atoms with Crippen LogP contribution in [0.15, 0.2) is 0 Å². The SMILES string of the molecule is CCN(CC1NCCC1C(F)(F)F)C(C)(C)C. The third-order valence-corrected chi connectivity index (χ3v) is 3.52. The highest BCUT2D eigenvalue weighted by Gasteiger charge is 2.47. The van der Waals surface area contributed by atoms with E-state index in [0.29, 0.717) is 13.1 Å². The Balaban J connectivity index is 2.67. The van der Waals surface area contributed by atoms with Gasteiger partial charge in [0.15, 0.2) is 0 Å². The van der Waals surface area contributed by atoms with Gasteiger partial charge in [-0.05, 0) is 40.3 Å². The molecule has 0 aliphatic carbocycles. The Labute approximate surface area is 102 Å². The fourth-order valence-corrected chi connectivity index (χ4v) is 2.47. The predicted octanol–water partition coefficient (Wildman–Crippen LogP) is 2.65. The highest BCUT2D eigenvalue weighted by molar-refractivity contribution is 4.92. The lowest BCUT2D eigenvalue weighted by Gasteiger charge is -2.38. The van der Waals surface area contributed by atoms with Crippen molar-refractivity contribution < 1.29 is 13.2 Å². The molecular formula is C12H23F3N2. The average molecular weight is 252 g/mol. The summed E-state index contributed by atoms with van der Waals surface area (Å²) in [7, 11) is 0. The summed E-state index contributed by atoms with van der Waals surface area (Å²) in [4.78, 5) is 2.09. The second-order valence-electron chi connectivity index (χ2n) is 5.71. The maximum Gasteiger partial charge on any atom is 0.393 e. The largest absolute Gasteiger partial charge is 0.393 e. The molecule has 1 fully saturated rings. The van der Waals surface area contributed by atoms with E-state index in [9.17, 15) is 13.2 Å². The minimum atomic E-state index is -4.08. The second kappa shape index (κ2) is 5.14. The molecule has 2 atom stereocenters. The number of nitrogens with zero attached hydrogens (tertiary/aromatic N) is 1. The topological polar surface area (TPSA) is 15.3 Å². The van der Waals surface area contributed by atoms with Gasteiger partial charge in [0, 0.05) is 18.1 Å². The molecule has 1 saturated heterocycles. The van der Waals surface area contributed by atoms with E-state index in [0.717, 1.165) is 6.54 Å². The molecule has 1 aliphatic heterocycles. The van der Waals surface area contributed by atoms with Gasteiger partial charge in [0.05, 0.1) is 5.92 Å². The minimum absolute atomic E-state index is 0.0881. The zero-order chi connectivity index (χ0) is 13.3. The van der Waals surface area contributed by atoms with Crippen LogP contribution < -0.4 is 5.32 Å². The molecule has 0 bridgehead atoms. The Kier molecular flexibility index (Phi) is 4.47. The lowest BCUT2D eigenvalue weighted by atomic mass is 9.97. The molecule has 1 N–H and O–H groups in total. The van der Waals surface area contributed by atoms with E-state index in [1.54, 1.807) is 0 Å². The lowest BCUT2D eigenvalue weighted by Crippen LogP contribution is -2.50. The first-order valence-corrected chi connectivity index (χ1v) is 6.21. The first kappa shape index (κ1) is 14.8. The van der Waals surface area contributed by atoms with Crippen molar-refractivity contribution in [1.29, 1.82) is 0 Å². The molecule has 0 aromatic rings. The van der Waals surface area contributed by atoms with E-state index in [1.807, 2.05) is 27.7 Å². The monoisotopic (exact) mass is 252 g/mol. The standard InChI is InChI=1S/C12H23F3N2/c1-5-17(11(2,3)4)8-10-9(6-7-16-10)12(13,14)15/h9-10,16H,5-8H2,1-4H3. The number of rotatable bonds is 3. The van der Waals surface area contributed by atoms with Crippen molar-refractivity contribution in [2.24, 2.45) is 5.92 Å². The second-order valence-corrected chi connectivity index (χ2v) is 5.71. The van der Waals surface area contributed by atoms with Crippen LogP contribution >= 0.6 is 0 Å². The zero-order valence-electron chi connectivity index (χ0n) is 11.1. The van der Waals surface area contributed by atoms with Gasteiger partial charge in [-0.2, -0.15) is 13.2 Å². The molecule has 1 rings (SSSR count). The molecule has 0 amide bonds. The average Bonchev–Trinajstić information content (AvgIpc) is 2.59. The van der Waals surface area contributed by atoms with Crippen LogP contribution in [0.25, 0.3) is 0 Å². The van der Waals surface area contributed by atoms with Crippen LogP contribution in [0.1, 0.15) is 34.1 Å². The molecule has 0 saturated carbocycles. The van der Waals surface area contributed by atoms with Gasteiger partial charge >= 0.3 is 6.18 Å². The Morgan fingerprint density at radius 2 is 1.82 bits per heavy atom. The van der Waals surface area contributed by atoms with Crippen LogP contribution in [0.2, 0.25) is 0 Å². The number of hydrogen-bond donors (Lipinski definition) is 1. The van der Waals surface area contributed by atoms with Crippen LogP contribution in [-0.4, -0.2) is 42.3 Å². The van der Waals surface area contributed by atoms with Crippen molar-refractivity contribution in [1.82, 2.24) is 10.2 Å². The van der Waals surface area contributed by atoms with E-state index in [1.165, 1.54) is 0 Å². The fourth-order valence-electron chi connectivity index (χ4n) is 2.47. The van der Waals surface area contributed by atoms with Crippen LogP contribution in [0.3, 0.4) is 0 Å². The molecule has 0 aromatic carbocycles. The van der Waals surface area contributed by atoms with Crippen molar-refractivity contribution in [3.8, 4) is 0 Å². The number of likely N-dealkylation sites (N-methyl/N-ethyl adjacent to an activating group) is 1. The van der Waals surface area contributed by atoms with Gasteiger partial charge in [0.1, 0.15) is 0 Å². The van der Waals surface area contributed by atoms with Gasteiger partial charge in [0.2, 0.25) is 0 Å². The molecule has 1 heterocycles. The van der Waals surface area contributed by atoms with Crippen molar-refractivity contribution in [3.05, 3.63) is 0 Å². The zero-order valence-corrected chi connectivity index (χ0v) is 11.1. The van der Waals surface area contributed by atoms with Crippen LogP contribution in [0.5, 0.6) is 0 Å². The summed E-state index contributed by atoms with van der Waals surface area (Å²) in [5.74, 6) is -1.20. The summed E-state index contributed by atoms with van der Waals surface area (Å²) in [5.41, 5.74) is -0.0881. The number of hydrogen-bond acceptors (Lipinski definition) is 2. The van der Waals surface area contributed by atoms with E-state index in [2.05, 4.69) is 10.2 Å². The molecule has 0 radical (unpaired) electrons. The third-order valence-electron chi connectivity index (χ3n) is 3.52. The maximum absolute atomic E-state index is 12.8. The number of alkyl halides is 3. The summed E-state index contributed by atoms with van der Waals surface area (Å²) in [6.07, 6.45) is -3.87. The van der Waals surface area contributed by atoms with Gasteiger partial charge in [-0.25, -0.2) is 0 Å². The summed E-state index contributed by atoms with van der Waals surface area (Å²) < 4.78 is 38.4. The van der Waals surface area contributed by atoms with Crippen LogP contribution in [-0.2, 0) is 0 Å². The highest BCUT2D eigenvalue weighted by atomic mass is 19.4. The predicted molar refractivity (Wildman–Crippen MR) is 63.0 cm³/mol. The van der Waals surface area contributed by atoms with Gasteiger partial charge < -0.3 is 5.32 Å². The minimum Gasteiger partial charge on any atom is -0.312 e. The van der Waals surface area contributed by atoms with E-state index < -0.39 is 18.1 Å². The highest BCUT2D eigenvalue weighted by Crippen LogP contribution is 2.35. The molecule has 5 heteroatoms. The first-order chi connectivity index (χ1) is 7.66. The van der Waals surface area contributed by atoms with Crippen LogP contribution in [0, 0.1) is 5.92 Å². The van der Waals surface area contributed by atoms with Crippen molar-refractivity contribution in [2.45, 2.75) is 51.9 Å². The van der Waals surface area contributed by atoms with Gasteiger partial charge in [-0.1, -0.05) is 6.92 Å². The first-order valence-electron chi connectivity index (χ1n) is 6.21. The third kappa shape index (κ3) is 3.85. The number of halogens is 3. The van der Waals surface area contributed by atoms with E-state index in [4.69, 9.17) is 0 Å². The Hall–Kier alpha value is -0.290. The van der Waals surface area contributed by atoms with Crippen molar-refractivity contribution in [2.75, 3.05) is 19.6 Å². The fraction of sp³-hybridized carbons (Fsp3) is 1.00. The van der Waals surface area contributed by atoms with E-state index in [-0.39, 0.29) is 12.0 Å².